The third kappa shape index (κ3) is 3.51. The van der Waals surface area contributed by atoms with Gasteiger partial charge >= 0.3 is 12.1 Å². The van der Waals surface area contributed by atoms with Crippen LogP contribution in [0.4, 0.5) is 23.2 Å². The van der Waals surface area contributed by atoms with Crippen molar-refractivity contribution >= 4 is 11.7 Å². The van der Waals surface area contributed by atoms with Gasteiger partial charge in [-0.3, -0.25) is 0 Å². The summed E-state index contributed by atoms with van der Waals surface area (Å²) in [6, 6.07) is 1.46. The Balaban J connectivity index is 3.02. The van der Waals surface area contributed by atoms with Gasteiger partial charge in [0.2, 0.25) is 0 Å². The third-order valence-corrected chi connectivity index (χ3v) is 1.90. The summed E-state index contributed by atoms with van der Waals surface area (Å²) in [5, 5.41) is 0. The van der Waals surface area contributed by atoms with E-state index in [9.17, 15) is 22.4 Å². The van der Waals surface area contributed by atoms with E-state index in [1.54, 1.807) is 0 Å². The van der Waals surface area contributed by atoms with E-state index < -0.39 is 30.3 Å². The molecule has 0 bridgehead atoms. The lowest BCUT2D eigenvalue weighted by atomic mass is 10.1. The molecule has 18 heavy (non-hydrogen) atoms. The standard InChI is InChI=1S/C10H9F4NO3/c1-17-9(16)5-2-8(6(11)3-7(5)15)18-4-10(12,13)14/h2-3H,4,15H2,1H3. The van der Waals surface area contributed by atoms with E-state index in [-0.39, 0.29) is 11.3 Å². The van der Waals surface area contributed by atoms with Crippen molar-refractivity contribution in [3.63, 3.8) is 0 Å². The zero-order chi connectivity index (χ0) is 13.9. The Morgan fingerprint density at radius 2 is 2.00 bits per heavy atom. The van der Waals surface area contributed by atoms with E-state index >= 15 is 0 Å². The zero-order valence-corrected chi connectivity index (χ0v) is 9.18. The number of halogens is 4. The van der Waals surface area contributed by atoms with Gasteiger partial charge in [0, 0.05) is 11.8 Å². The summed E-state index contributed by atoms with van der Waals surface area (Å²) in [6.45, 7) is -1.67. The Morgan fingerprint density at radius 3 is 2.50 bits per heavy atom. The molecule has 0 amide bonds. The van der Waals surface area contributed by atoms with Crippen molar-refractivity contribution in [2.24, 2.45) is 0 Å². The zero-order valence-electron chi connectivity index (χ0n) is 9.18. The van der Waals surface area contributed by atoms with Crippen LogP contribution in [0.25, 0.3) is 0 Å². The molecule has 1 rings (SSSR count). The molecule has 0 aromatic heterocycles. The summed E-state index contributed by atoms with van der Waals surface area (Å²) in [4.78, 5) is 11.2. The van der Waals surface area contributed by atoms with Crippen LogP contribution in [0.1, 0.15) is 10.4 Å². The van der Waals surface area contributed by atoms with Gasteiger partial charge in [0.1, 0.15) is 0 Å². The molecule has 0 saturated heterocycles. The number of nitrogen functional groups attached to an aromatic ring is 1. The van der Waals surface area contributed by atoms with Crippen molar-refractivity contribution in [2.75, 3.05) is 19.5 Å². The Morgan fingerprint density at radius 1 is 1.39 bits per heavy atom. The maximum atomic E-state index is 13.2. The second kappa shape index (κ2) is 5.11. The van der Waals surface area contributed by atoms with Crippen LogP contribution in [0.5, 0.6) is 5.75 Å². The summed E-state index contributed by atoms with van der Waals surface area (Å²) >= 11 is 0. The van der Waals surface area contributed by atoms with Gasteiger partial charge in [-0.05, 0) is 6.07 Å². The number of anilines is 1. The van der Waals surface area contributed by atoms with E-state index in [1.807, 2.05) is 0 Å². The summed E-state index contributed by atoms with van der Waals surface area (Å²) in [6.07, 6.45) is -4.61. The molecule has 1 aromatic rings. The first-order valence-electron chi connectivity index (χ1n) is 4.61. The second-order valence-electron chi connectivity index (χ2n) is 3.27. The van der Waals surface area contributed by atoms with Crippen molar-refractivity contribution in [2.45, 2.75) is 6.18 Å². The highest BCUT2D eigenvalue weighted by Gasteiger charge is 2.29. The normalized spacial score (nSPS) is 11.2. The lowest BCUT2D eigenvalue weighted by Crippen LogP contribution is -2.20. The molecule has 0 radical (unpaired) electrons. The first kappa shape index (κ1) is 14.1. The highest BCUT2D eigenvalue weighted by atomic mass is 19.4. The number of carbonyl (C=O) groups excluding carboxylic acids is 1. The second-order valence-corrected chi connectivity index (χ2v) is 3.27. The van der Waals surface area contributed by atoms with Gasteiger partial charge in [-0.15, -0.1) is 0 Å². The molecule has 1 aromatic carbocycles. The van der Waals surface area contributed by atoms with Gasteiger partial charge in [0.05, 0.1) is 12.7 Å². The number of hydrogen-bond donors (Lipinski definition) is 1. The maximum absolute atomic E-state index is 13.2. The first-order chi connectivity index (χ1) is 8.24. The first-order valence-corrected chi connectivity index (χ1v) is 4.61. The Labute approximate surface area is 99.3 Å². The number of rotatable bonds is 3. The highest BCUT2D eigenvalue weighted by molar-refractivity contribution is 5.95. The van der Waals surface area contributed by atoms with Crippen molar-refractivity contribution in [1.29, 1.82) is 0 Å². The van der Waals surface area contributed by atoms with Crippen molar-refractivity contribution in [3.05, 3.63) is 23.5 Å². The summed E-state index contributed by atoms with van der Waals surface area (Å²) in [5.41, 5.74) is 4.81. The van der Waals surface area contributed by atoms with E-state index in [0.29, 0.717) is 6.07 Å². The van der Waals surface area contributed by atoms with Crippen molar-refractivity contribution < 1.29 is 31.8 Å². The Hall–Kier alpha value is -1.99. The minimum absolute atomic E-state index is 0.251. The van der Waals surface area contributed by atoms with E-state index in [4.69, 9.17) is 5.73 Å². The molecule has 2 N–H and O–H groups in total. The third-order valence-electron chi connectivity index (χ3n) is 1.90. The van der Waals surface area contributed by atoms with Crippen molar-refractivity contribution in [3.8, 4) is 5.75 Å². The predicted molar refractivity (Wildman–Crippen MR) is 53.7 cm³/mol. The van der Waals surface area contributed by atoms with Gasteiger partial charge in [-0.25, -0.2) is 9.18 Å². The molecule has 0 spiro atoms. The number of methoxy groups -OCH3 is 1. The largest absolute Gasteiger partial charge is 0.481 e. The quantitative estimate of drug-likeness (QED) is 0.517. The van der Waals surface area contributed by atoms with Gasteiger partial charge in [-0.1, -0.05) is 0 Å². The van der Waals surface area contributed by atoms with Gasteiger partial charge in [0.15, 0.2) is 18.2 Å². The number of alkyl halides is 3. The molecule has 100 valence electrons. The van der Waals surface area contributed by atoms with E-state index in [0.717, 1.165) is 13.2 Å². The lowest BCUT2D eigenvalue weighted by molar-refractivity contribution is -0.153. The number of esters is 1. The van der Waals surface area contributed by atoms with Crippen LogP contribution in [0, 0.1) is 5.82 Å². The van der Waals surface area contributed by atoms with Gasteiger partial charge in [0.25, 0.3) is 0 Å². The lowest BCUT2D eigenvalue weighted by Gasteiger charge is -2.12. The van der Waals surface area contributed by atoms with Gasteiger partial charge in [-0.2, -0.15) is 13.2 Å². The molecule has 8 heteroatoms. The Bertz CT molecular complexity index is 459. The average Bonchev–Trinajstić information content (AvgIpc) is 2.25. The fourth-order valence-electron chi connectivity index (χ4n) is 1.13. The van der Waals surface area contributed by atoms with E-state index in [2.05, 4.69) is 9.47 Å². The number of ether oxygens (including phenoxy) is 2. The summed E-state index contributed by atoms with van der Waals surface area (Å²) in [7, 11) is 1.06. The van der Waals surface area contributed by atoms with Crippen LogP contribution in [0.2, 0.25) is 0 Å². The number of benzene rings is 1. The smallest absolute Gasteiger partial charge is 0.422 e. The van der Waals surface area contributed by atoms with Crippen LogP contribution in [-0.4, -0.2) is 25.9 Å². The molecule has 0 saturated carbocycles. The van der Waals surface area contributed by atoms with Crippen LogP contribution in [-0.2, 0) is 4.74 Å². The minimum atomic E-state index is -4.61. The topological polar surface area (TPSA) is 61.5 Å². The van der Waals surface area contributed by atoms with Crippen LogP contribution in [0.15, 0.2) is 12.1 Å². The number of nitrogens with two attached hydrogens (primary N) is 1. The molecule has 0 unspecified atom stereocenters. The predicted octanol–water partition coefficient (Wildman–Crippen LogP) is 2.14. The summed E-state index contributed by atoms with van der Waals surface area (Å²) in [5.74, 6) is -2.71. The molecule has 0 aliphatic rings. The molecule has 0 heterocycles. The molecule has 0 atom stereocenters. The SMILES string of the molecule is COC(=O)c1cc(OCC(F)(F)F)c(F)cc1N. The number of hydrogen-bond acceptors (Lipinski definition) is 4. The van der Waals surface area contributed by atoms with Crippen molar-refractivity contribution in [1.82, 2.24) is 0 Å². The molecular formula is C10H9F4NO3. The average molecular weight is 267 g/mol. The maximum Gasteiger partial charge on any atom is 0.422 e. The fourth-order valence-corrected chi connectivity index (χ4v) is 1.13. The van der Waals surface area contributed by atoms with E-state index in [1.165, 1.54) is 0 Å². The summed E-state index contributed by atoms with van der Waals surface area (Å²) < 4.78 is 57.6. The molecule has 0 fully saturated rings. The van der Waals surface area contributed by atoms with Crippen LogP contribution in [0.3, 0.4) is 0 Å². The molecular weight excluding hydrogens is 258 g/mol. The monoisotopic (exact) mass is 267 g/mol. The van der Waals surface area contributed by atoms with Crippen LogP contribution < -0.4 is 10.5 Å². The van der Waals surface area contributed by atoms with Gasteiger partial charge < -0.3 is 15.2 Å². The fraction of sp³-hybridized carbons (Fsp3) is 0.300. The highest BCUT2D eigenvalue weighted by Crippen LogP contribution is 2.26. The molecule has 0 aliphatic carbocycles. The molecule has 4 nitrogen and oxygen atoms in total. The number of carbonyl (C=O) groups is 1. The van der Waals surface area contributed by atoms with Crippen LogP contribution >= 0.6 is 0 Å². The molecule has 0 aliphatic heterocycles. The Kier molecular flexibility index (Phi) is 4.00. The minimum Gasteiger partial charge on any atom is -0.481 e.